The minimum absolute atomic E-state index is 0.437. The molecule has 0 amide bonds. The summed E-state index contributed by atoms with van der Waals surface area (Å²) in [5.74, 6) is -0.404. The molecule has 72 valence electrons. The van der Waals surface area contributed by atoms with E-state index in [1.165, 1.54) is 0 Å². The molecular weight excluding hydrogens is 180 g/mol. The van der Waals surface area contributed by atoms with Gasteiger partial charge in [0.05, 0.1) is 0 Å². The SMILES string of the molecule is O=C(O)C1(c2ncc[nH]2)C=CC=CC1. The summed E-state index contributed by atoms with van der Waals surface area (Å²) in [7, 11) is 0. The topological polar surface area (TPSA) is 66.0 Å². The molecule has 1 heterocycles. The summed E-state index contributed by atoms with van der Waals surface area (Å²) in [5, 5.41) is 9.22. The number of nitrogens with zero attached hydrogens (tertiary/aromatic N) is 1. The lowest BCUT2D eigenvalue weighted by Gasteiger charge is -2.23. The quantitative estimate of drug-likeness (QED) is 0.737. The molecule has 0 fully saturated rings. The lowest BCUT2D eigenvalue weighted by molar-refractivity contribution is -0.142. The minimum atomic E-state index is -1.02. The lowest BCUT2D eigenvalue weighted by Crippen LogP contribution is -2.35. The number of hydrogen-bond acceptors (Lipinski definition) is 2. The Morgan fingerprint density at radius 3 is 2.93 bits per heavy atom. The highest BCUT2D eigenvalue weighted by Crippen LogP contribution is 2.30. The van der Waals surface area contributed by atoms with Crippen LogP contribution < -0.4 is 0 Å². The average molecular weight is 190 g/mol. The number of carbonyl (C=O) groups is 1. The standard InChI is InChI=1S/C10H10N2O2/c13-9(14)10(4-2-1-3-5-10)8-11-6-7-12-8/h1-4,6-7H,5H2,(H,11,12)(H,13,14). The van der Waals surface area contributed by atoms with E-state index in [9.17, 15) is 9.90 Å². The predicted octanol–water partition coefficient (Wildman–Crippen LogP) is 1.25. The Kier molecular flexibility index (Phi) is 1.96. The monoisotopic (exact) mass is 190 g/mol. The Balaban J connectivity index is 2.47. The number of hydrogen-bond donors (Lipinski definition) is 2. The zero-order valence-corrected chi connectivity index (χ0v) is 7.47. The Bertz CT molecular complexity index is 392. The third-order valence-electron chi connectivity index (χ3n) is 2.37. The first kappa shape index (κ1) is 8.74. The van der Waals surface area contributed by atoms with Crippen LogP contribution in [0.1, 0.15) is 12.2 Å². The Hall–Kier alpha value is -1.84. The van der Waals surface area contributed by atoms with Gasteiger partial charge >= 0.3 is 5.97 Å². The number of aromatic nitrogens is 2. The second-order valence-electron chi connectivity index (χ2n) is 3.21. The van der Waals surface area contributed by atoms with E-state index in [0.717, 1.165) is 0 Å². The van der Waals surface area contributed by atoms with Crippen LogP contribution in [-0.2, 0) is 10.2 Å². The number of nitrogens with one attached hydrogen (secondary N) is 1. The Morgan fingerprint density at radius 2 is 2.43 bits per heavy atom. The number of rotatable bonds is 2. The van der Waals surface area contributed by atoms with Crippen LogP contribution in [0.15, 0.2) is 36.7 Å². The largest absolute Gasteiger partial charge is 0.480 e. The fraction of sp³-hybridized carbons (Fsp3) is 0.200. The molecule has 0 saturated carbocycles. The smallest absolute Gasteiger partial charge is 0.321 e. The first-order valence-corrected chi connectivity index (χ1v) is 4.33. The van der Waals surface area contributed by atoms with E-state index < -0.39 is 11.4 Å². The molecule has 0 aliphatic heterocycles. The van der Waals surface area contributed by atoms with Crippen molar-refractivity contribution in [1.82, 2.24) is 9.97 Å². The summed E-state index contributed by atoms with van der Waals surface area (Å²) in [5.41, 5.74) is -1.02. The molecular formula is C10H10N2O2. The van der Waals surface area contributed by atoms with Crippen molar-refractivity contribution in [1.29, 1.82) is 0 Å². The second kappa shape index (κ2) is 3.14. The highest BCUT2D eigenvalue weighted by atomic mass is 16.4. The molecule has 0 spiro atoms. The number of aromatic amines is 1. The number of aliphatic carboxylic acids is 1. The molecule has 1 atom stereocenters. The van der Waals surface area contributed by atoms with Gasteiger partial charge in [0.25, 0.3) is 0 Å². The third-order valence-corrected chi connectivity index (χ3v) is 2.37. The molecule has 1 aliphatic carbocycles. The molecule has 1 aromatic rings. The van der Waals surface area contributed by atoms with Crippen LogP contribution in [-0.4, -0.2) is 21.0 Å². The van der Waals surface area contributed by atoms with E-state index >= 15 is 0 Å². The van der Waals surface area contributed by atoms with Gasteiger partial charge in [0.1, 0.15) is 11.2 Å². The van der Waals surface area contributed by atoms with Crippen molar-refractivity contribution in [2.45, 2.75) is 11.8 Å². The second-order valence-corrected chi connectivity index (χ2v) is 3.21. The lowest BCUT2D eigenvalue weighted by atomic mass is 9.81. The summed E-state index contributed by atoms with van der Waals surface area (Å²) in [6.45, 7) is 0. The molecule has 0 aromatic carbocycles. The van der Waals surface area contributed by atoms with Crippen molar-refractivity contribution < 1.29 is 9.90 Å². The summed E-state index contributed by atoms with van der Waals surface area (Å²) in [4.78, 5) is 18.1. The van der Waals surface area contributed by atoms with Gasteiger partial charge in [0, 0.05) is 12.4 Å². The van der Waals surface area contributed by atoms with E-state index in [0.29, 0.717) is 12.2 Å². The van der Waals surface area contributed by atoms with Gasteiger partial charge in [-0.3, -0.25) is 4.79 Å². The van der Waals surface area contributed by atoms with Crippen LogP contribution in [0.4, 0.5) is 0 Å². The Labute approximate surface area is 81.0 Å². The number of carboxylic acid groups (broad SMARTS) is 1. The van der Waals surface area contributed by atoms with E-state index in [2.05, 4.69) is 9.97 Å². The summed E-state index contributed by atoms with van der Waals surface area (Å²) >= 11 is 0. The van der Waals surface area contributed by atoms with Gasteiger partial charge in [-0.2, -0.15) is 0 Å². The zero-order chi connectivity index (χ0) is 10.0. The first-order chi connectivity index (χ1) is 6.76. The number of allylic oxidation sites excluding steroid dienone is 3. The summed E-state index contributed by atoms with van der Waals surface area (Å²) in [6, 6.07) is 0. The summed E-state index contributed by atoms with van der Waals surface area (Å²) in [6.07, 6.45) is 10.7. The molecule has 0 bridgehead atoms. The third kappa shape index (κ3) is 1.16. The van der Waals surface area contributed by atoms with Gasteiger partial charge in [-0.1, -0.05) is 24.3 Å². The molecule has 1 unspecified atom stereocenters. The van der Waals surface area contributed by atoms with Crippen LogP contribution in [0.3, 0.4) is 0 Å². The van der Waals surface area contributed by atoms with Crippen molar-refractivity contribution in [3.63, 3.8) is 0 Å². The maximum atomic E-state index is 11.2. The molecule has 0 saturated heterocycles. The number of carboxylic acids is 1. The van der Waals surface area contributed by atoms with Crippen molar-refractivity contribution in [2.75, 3.05) is 0 Å². The van der Waals surface area contributed by atoms with Crippen molar-refractivity contribution in [3.05, 3.63) is 42.5 Å². The number of imidazole rings is 1. The molecule has 2 rings (SSSR count). The molecule has 2 N–H and O–H groups in total. The Morgan fingerprint density at radius 1 is 1.57 bits per heavy atom. The molecule has 14 heavy (non-hydrogen) atoms. The fourth-order valence-corrected chi connectivity index (χ4v) is 1.57. The molecule has 4 heteroatoms. The van der Waals surface area contributed by atoms with Crippen molar-refractivity contribution in [3.8, 4) is 0 Å². The predicted molar refractivity (Wildman–Crippen MR) is 50.8 cm³/mol. The van der Waals surface area contributed by atoms with Crippen molar-refractivity contribution in [2.24, 2.45) is 0 Å². The van der Waals surface area contributed by atoms with E-state index in [1.54, 1.807) is 24.5 Å². The van der Waals surface area contributed by atoms with E-state index in [-0.39, 0.29) is 0 Å². The van der Waals surface area contributed by atoms with Crippen LogP contribution in [0.2, 0.25) is 0 Å². The average Bonchev–Trinajstić information content (AvgIpc) is 2.72. The van der Waals surface area contributed by atoms with Crippen LogP contribution in [0, 0.1) is 0 Å². The van der Waals surface area contributed by atoms with Crippen LogP contribution in [0.25, 0.3) is 0 Å². The van der Waals surface area contributed by atoms with E-state index in [1.807, 2.05) is 12.2 Å². The minimum Gasteiger partial charge on any atom is -0.480 e. The normalized spacial score (nSPS) is 25.1. The highest BCUT2D eigenvalue weighted by Gasteiger charge is 2.39. The zero-order valence-electron chi connectivity index (χ0n) is 7.47. The maximum absolute atomic E-state index is 11.2. The van der Waals surface area contributed by atoms with Gasteiger partial charge in [0.15, 0.2) is 0 Å². The van der Waals surface area contributed by atoms with Gasteiger partial charge in [-0.05, 0) is 6.42 Å². The van der Waals surface area contributed by atoms with Crippen LogP contribution in [0.5, 0.6) is 0 Å². The van der Waals surface area contributed by atoms with Gasteiger partial charge in [-0.15, -0.1) is 0 Å². The maximum Gasteiger partial charge on any atom is 0.321 e. The van der Waals surface area contributed by atoms with Gasteiger partial charge in [-0.25, -0.2) is 4.98 Å². The summed E-state index contributed by atoms with van der Waals surface area (Å²) < 4.78 is 0. The van der Waals surface area contributed by atoms with Gasteiger partial charge < -0.3 is 10.1 Å². The number of H-pyrrole nitrogens is 1. The molecule has 0 radical (unpaired) electrons. The molecule has 1 aliphatic rings. The molecule has 1 aromatic heterocycles. The first-order valence-electron chi connectivity index (χ1n) is 4.33. The van der Waals surface area contributed by atoms with Gasteiger partial charge in [0.2, 0.25) is 0 Å². The highest BCUT2D eigenvalue weighted by molar-refractivity contribution is 5.83. The van der Waals surface area contributed by atoms with Crippen molar-refractivity contribution >= 4 is 5.97 Å². The van der Waals surface area contributed by atoms with Crippen LogP contribution >= 0.6 is 0 Å². The molecule has 4 nitrogen and oxygen atoms in total. The fourth-order valence-electron chi connectivity index (χ4n) is 1.57. The van der Waals surface area contributed by atoms with E-state index in [4.69, 9.17) is 0 Å².